The van der Waals surface area contributed by atoms with Crippen molar-refractivity contribution in [2.45, 2.75) is 12.7 Å². The second-order valence-corrected chi connectivity index (χ2v) is 9.64. The molecule has 0 unspecified atom stereocenters. The second kappa shape index (κ2) is 12.8. The molecule has 2 amide bonds. The van der Waals surface area contributed by atoms with Gasteiger partial charge < -0.3 is 26.6 Å². The first-order chi connectivity index (χ1) is 20.0. The third kappa shape index (κ3) is 7.31. The van der Waals surface area contributed by atoms with Crippen LogP contribution in [-0.2, 0) is 12.7 Å². The van der Waals surface area contributed by atoms with Gasteiger partial charge in [0.25, 0.3) is 0 Å². The molecule has 0 atom stereocenters. The number of nitrogen functional groups attached to an aromatic ring is 1. The number of aromatic nitrogens is 2. The van der Waals surface area contributed by atoms with E-state index in [2.05, 4.69) is 36.7 Å². The zero-order valence-corrected chi connectivity index (χ0v) is 22.6. The van der Waals surface area contributed by atoms with Crippen molar-refractivity contribution < 1.29 is 22.4 Å². The van der Waals surface area contributed by atoms with E-state index < -0.39 is 23.6 Å². The maximum Gasteiger partial charge on any atom is 0.416 e. The monoisotopic (exact) mass is 583 g/mol. The number of carbonyl (C=O) groups is 1. The van der Waals surface area contributed by atoms with Crippen LogP contribution in [0.5, 0.6) is 0 Å². The van der Waals surface area contributed by atoms with Crippen LogP contribution >= 0.6 is 0 Å². The summed E-state index contributed by atoms with van der Waals surface area (Å²) in [5.41, 5.74) is 4.83. The lowest BCUT2D eigenvalue weighted by molar-refractivity contribution is -0.138. The minimum absolute atomic E-state index is 0.0238. The average Bonchev–Trinajstić information content (AvgIpc) is 2.94. The quantitative estimate of drug-likeness (QED) is 0.153. The Morgan fingerprint density at radius 2 is 1.86 bits per heavy atom. The number of nitrogens with two attached hydrogens (primary N) is 1. The zero-order chi connectivity index (χ0) is 30.4. The third-order valence-corrected chi connectivity index (χ3v) is 6.65. The van der Waals surface area contributed by atoms with E-state index in [1.54, 1.807) is 0 Å². The van der Waals surface area contributed by atoms with Gasteiger partial charge in [0.2, 0.25) is 0 Å². The number of piperazine rings is 1. The average molecular weight is 584 g/mol. The smallest absolute Gasteiger partial charge is 0.383 e. The van der Waals surface area contributed by atoms with E-state index in [0.29, 0.717) is 13.1 Å². The van der Waals surface area contributed by atoms with Crippen molar-refractivity contribution in [2.75, 3.05) is 61.5 Å². The molecular formula is C28H29F4N9O. The Bertz CT molecular complexity index is 1510. The molecule has 42 heavy (non-hydrogen) atoms. The lowest BCUT2D eigenvalue weighted by atomic mass is 10.0. The number of alkyl halides is 3. The van der Waals surface area contributed by atoms with Gasteiger partial charge in [0.1, 0.15) is 23.8 Å². The van der Waals surface area contributed by atoms with Crippen molar-refractivity contribution in [3.63, 3.8) is 0 Å². The Morgan fingerprint density at radius 3 is 2.52 bits per heavy atom. The number of urea groups is 1. The van der Waals surface area contributed by atoms with Gasteiger partial charge in [0.15, 0.2) is 0 Å². The molecule has 14 heteroatoms. The van der Waals surface area contributed by atoms with Crippen LogP contribution in [0.4, 0.5) is 45.4 Å². The third-order valence-electron chi connectivity index (χ3n) is 6.65. The molecule has 3 aromatic rings. The minimum Gasteiger partial charge on any atom is -0.383 e. The van der Waals surface area contributed by atoms with Gasteiger partial charge in [-0.25, -0.2) is 19.2 Å². The summed E-state index contributed by atoms with van der Waals surface area (Å²) in [6.45, 7) is 3.06. The van der Waals surface area contributed by atoms with Crippen LogP contribution < -0.4 is 21.7 Å². The number of anilines is 4. The largest absolute Gasteiger partial charge is 0.416 e. The molecule has 6 N–H and O–H groups in total. The molecule has 2 heterocycles. The standard InChI is InChI=1S/C28H29F4N9O/c1-3-8-35-26-23(25(34)36-16-37-26)24(33)17-5-7-22(21(29)13-17)39-27(42)38-19-6-4-18(20(14-19)28(30,31)32)15-41-11-9-40(2)10-12-41/h1,4-7,13-14,16,33H,8-12,15H2,2H3,(H2,38,39,42)(H3,34,35,36,37). The lowest BCUT2D eigenvalue weighted by Crippen LogP contribution is -2.44. The molecular weight excluding hydrogens is 554 g/mol. The van der Waals surface area contributed by atoms with E-state index >= 15 is 0 Å². The van der Waals surface area contributed by atoms with E-state index in [9.17, 15) is 22.4 Å². The fraction of sp³-hybridized carbons (Fsp3) is 0.286. The van der Waals surface area contributed by atoms with E-state index in [-0.39, 0.29) is 58.5 Å². The van der Waals surface area contributed by atoms with Crippen molar-refractivity contribution in [2.24, 2.45) is 0 Å². The summed E-state index contributed by atoms with van der Waals surface area (Å²) in [5.74, 6) is 1.66. The molecule has 1 aliphatic rings. The number of carbonyl (C=O) groups excluding carboxylic acids is 1. The van der Waals surface area contributed by atoms with Crippen LogP contribution in [0.25, 0.3) is 0 Å². The first-order valence-corrected chi connectivity index (χ1v) is 12.8. The molecule has 0 spiro atoms. The fourth-order valence-electron chi connectivity index (χ4n) is 4.42. The number of benzene rings is 2. The van der Waals surface area contributed by atoms with Crippen LogP contribution in [0, 0.1) is 23.6 Å². The van der Waals surface area contributed by atoms with Gasteiger partial charge in [-0.1, -0.05) is 18.1 Å². The summed E-state index contributed by atoms with van der Waals surface area (Å²) in [4.78, 5) is 24.5. The number of hydrogen-bond acceptors (Lipinski definition) is 8. The van der Waals surface area contributed by atoms with Crippen molar-refractivity contribution in [3.8, 4) is 12.3 Å². The van der Waals surface area contributed by atoms with Crippen LogP contribution in [0.15, 0.2) is 42.7 Å². The normalized spacial score (nSPS) is 14.2. The topological polar surface area (TPSA) is 135 Å². The Labute approximate surface area is 239 Å². The highest BCUT2D eigenvalue weighted by Gasteiger charge is 2.34. The summed E-state index contributed by atoms with van der Waals surface area (Å²) < 4.78 is 56.6. The number of amides is 2. The molecule has 0 aliphatic carbocycles. The Morgan fingerprint density at radius 1 is 1.12 bits per heavy atom. The molecule has 0 bridgehead atoms. The first kappa shape index (κ1) is 30.2. The summed E-state index contributed by atoms with van der Waals surface area (Å²) in [6, 6.07) is 6.22. The summed E-state index contributed by atoms with van der Waals surface area (Å²) in [6.07, 6.45) is 1.82. The predicted octanol–water partition coefficient (Wildman–Crippen LogP) is 4.07. The molecule has 1 aliphatic heterocycles. The molecule has 1 aromatic heterocycles. The zero-order valence-electron chi connectivity index (χ0n) is 22.6. The number of nitrogens with one attached hydrogen (secondary N) is 4. The number of likely N-dealkylation sites (N-methyl/N-ethyl adjacent to an activating group) is 1. The predicted molar refractivity (Wildman–Crippen MR) is 153 cm³/mol. The highest BCUT2D eigenvalue weighted by atomic mass is 19.4. The Balaban J connectivity index is 1.46. The summed E-state index contributed by atoms with van der Waals surface area (Å²) in [7, 11) is 1.96. The van der Waals surface area contributed by atoms with E-state index in [0.717, 1.165) is 25.2 Å². The maximum atomic E-state index is 14.9. The highest BCUT2D eigenvalue weighted by molar-refractivity contribution is 6.16. The molecule has 10 nitrogen and oxygen atoms in total. The lowest BCUT2D eigenvalue weighted by Gasteiger charge is -2.33. The van der Waals surface area contributed by atoms with Gasteiger partial charge >= 0.3 is 12.2 Å². The summed E-state index contributed by atoms with van der Waals surface area (Å²) >= 11 is 0. The number of hydrogen-bond donors (Lipinski definition) is 5. The minimum atomic E-state index is -4.63. The van der Waals surface area contributed by atoms with Crippen molar-refractivity contribution in [1.82, 2.24) is 19.8 Å². The Hall–Kier alpha value is -4.74. The number of halogens is 4. The number of terminal acetylenes is 1. The van der Waals surface area contributed by atoms with Crippen molar-refractivity contribution in [3.05, 3.63) is 70.8 Å². The van der Waals surface area contributed by atoms with Gasteiger partial charge in [-0.05, 0) is 36.9 Å². The first-order valence-electron chi connectivity index (χ1n) is 12.8. The molecule has 0 saturated carbocycles. The van der Waals surface area contributed by atoms with Gasteiger partial charge in [0.05, 0.1) is 29.1 Å². The van der Waals surface area contributed by atoms with Crippen molar-refractivity contribution >= 4 is 34.8 Å². The molecule has 0 radical (unpaired) electrons. The van der Waals surface area contributed by atoms with Crippen molar-refractivity contribution in [1.29, 1.82) is 5.41 Å². The van der Waals surface area contributed by atoms with Gasteiger partial charge in [-0.3, -0.25) is 10.3 Å². The van der Waals surface area contributed by atoms with E-state index in [4.69, 9.17) is 17.6 Å². The van der Waals surface area contributed by atoms with E-state index in [1.165, 1.54) is 30.6 Å². The second-order valence-electron chi connectivity index (χ2n) is 9.64. The maximum absolute atomic E-state index is 14.9. The fourth-order valence-corrected chi connectivity index (χ4v) is 4.42. The molecule has 220 valence electrons. The molecule has 1 fully saturated rings. The molecule has 1 saturated heterocycles. The van der Waals surface area contributed by atoms with Crippen LogP contribution in [0.2, 0.25) is 0 Å². The SMILES string of the molecule is C#CCNc1ncnc(N)c1C(=N)c1ccc(NC(=O)Nc2ccc(CN3CCN(C)CC3)c(C(F)(F)F)c2)c(F)c1. The summed E-state index contributed by atoms with van der Waals surface area (Å²) in [5, 5.41) is 15.9. The van der Waals surface area contributed by atoms with Gasteiger partial charge in [-0.2, -0.15) is 13.2 Å². The van der Waals surface area contributed by atoms with Crippen LogP contribution in [-0.4, -0.2) is 71.3 Å². The van der Waals surface area contributed by atoms with E-state index in [1.807, 2.05) is 11.9 Å². The number of nitrogens with zero attached hydrogens (tertiary/aromatic N) is 4. The van der Waals surface area contributed by atoms with Gasteiger partial charge in [-0.15, -0.1) is 6.42 Å². The number of rotatable bonds is 8. The molecule has 2 aromatic carbocycles. The van der Waals surface area contributed by atoms with Crippen LogP contribution in [0.3, 0.4) is 0 Å². The van der Waals surface area contributed by atoms with Crippen LogP contribution in [0.1, 0.15) is 22.3 Å². The van der Waals surface area contributed by atoms with Gasteiger partial charge in [0, 0.05) is 44.0 Å². The Kier molecular flexibility index (Phi) is 9.24. The molecule has 4 rings (SSSR count). The highest BCUT2D eigenvalue weighted by Crippen LogP contribution is 2.35.